The predicted molar refractivity (Wildman–Crippen MR) is 63.7 cm³/mol. The molecular weight excluding hydrogens is 224 g/mol. The summed E-state index contributed by atoms with van der Waals surface area (Å²) in [5.41, 5.74) is 1.55. The highest BCUT2D eigenvalue weighted by Crippen LogP contribution is 2.29. The van der Waals surface area contributed by atoms with E-state index in [4.69, 9.17) is 5.21 Å². The van der Waals surface area contributed by atoms with E-state index in [9.17, 15) is 4.79 Å². The minimum Gasteiger partial charge on any atom is -0.329 e. The molecule has 0 fully saturated rings. The third-order valence-electron chi connectivity index (χ3n) is 2.32. The Morgan fingerprint density at radius 2 is 2.19 bits per heavy atom. The van der Waals surface area contributed by atoms with E-state index in [1.54, 1.807) is 16.8 Å². The fourth-order valence-corrected chi connectivity index (χ4v) is 2.58. The maximum atomic E-state index is 10.9. The molecule has 0 bridgehead atoms. The molecule has 0 spiro atoms. The summed E-state index contributed by atoms with van der Waals surface area (Å²) >= 11 is 1.63. The second kappa shape index (κ2) is 4.51. The van der Waals surface area contributed by atoms with E-state index in [0.29, 0.717) is 0 Å². The molecule has 0 aliphatic rings. The Morgan fingerprint density at radius 3 is 2.88 bits per heavy atom. The van der Waals surface area contributed by atoms with Crippen LogP contribution in [0.5, 0.6) is 0 Å². The molecule has 0 aliphatic heterocycles. The lowest BCUT2D eigenvalue weighted by Crippen LogP contribution is -2.34. The molecule has 1 heterocycles. The van der Waals surface area contributed by atoms with Gasteiger partial charge in [-0.05, 0) is 24.4 Å². The molecular formula is C11H12N2O2S. The molecule has 1 aromatic carbocycles. The number of nitrogens with one attached hydrogen (secondary N) is 2. The fraction of sp³-hybridized carbons (Fsp3) is 0.182. The number of hydrogen-bond donors (Lipinski definition) is 3. The summed E-state index contributed by atoms with van der Waals surface area (Å²) in [4.78, 5) is 12.0. The highest BCUT2D eigenvalue weighted by atomic mass is 32.1. The average molecular weight is 236 g/mol. The van der Waals surface area contributed by atoms with Crippen LogP contribution in [0.25, 0.3) is 10.1 Å². The number of hydrogen-bond acceptors (Lipinski definition) is 3. The quantitative estimate of drug-likeness (QED) is 0.554. The smallest absolute Gasteiger partial charge is 0.329 e. The number of rotatable bonds is 2. The maximum absolute atomic E-state index is 10.9. The first kappa shape index (κ1) is 10.9. The molecule has 0 radical (unpaired) electrons. The Hall–Kier alpha value is -1.59. The van der Waals surface area contributed by atoms with Crippen molar-refractivity contribution in [1.29, 1.82) is 0 Å². The third-order valence-corrected chi connectivity index (χ3v) is 3.62. The summed E-state index contributed by atoms with van der Waals surface area (Å²) in [6, 6.07) is 9.38. The van der Waals surface area contributed by atoms with Crippen LogP contribution in [0.4, 0.5) is 4.79 Å². The van der Waals surface area contributed by atoms with Gasteiger partial charge in [0.1, 0.15) is 0 Å². The second-order valence-corrected chi connectivity index (χ2v) is 4.61. The molecule has 84 valence electrons. The van der Waals surface area contributed by atoms with Crippen molar-refractivity contribution in [2.75, 3.05) is 0 Å². The van der Waals surface area contributed by atoms with Gasteiger partial charge in [0.25, 0.3) is 0 Å². The SMILES string of the molecule is CC(NC(=O)NO)c1cc2ccccc2s1. The number of benzene rings is 1. The molecule has 2 aromatic rings. The Labute approximate surface area is 96.9 Å². The maximum Gasteiger partial charge on any atom is 0.339 e. The monoisotopic (exact) mass is 236 g/mol. The van der Waals surface area contributed by atoms with Crippen molar-refractivity contribution in [2.24, 2.45) is 0 Å². The van der Waals surface area contributed by atoms with Gasteiger partial charge in [-0.2, -0.15) is 0 Å². The summed E-state index contributed by atoms with van der Waals surface area (Å²) in [5, 5.41) is 12.2. The van der Waals surface area contributed by atoms with Gasteiger partial charge in [-0.15, -0.1) is 11.3 Å². The molecule has 0 saturated carbocycles. The first-order valence-electron chi connectivity index (χ1n) is 4.90. The lowest BCUT2D eigenvalue weighted by atomic mass is 10.2. The number of carbonyl (C=O) groups is 1. The van der Waals surface area contributed by atoms with Gasteiger partial charge in [-0.1, -0.05) is 18.2 Å². The van der Waals surface area contributed by atoms with Gasteiger partial charge in [-0.25, -0.2) is 10.3 Å². The Balaban J connectivity index is 2.23. The van der Waals surface area contributed by atoms with Gasteiger partial charge in [0.05, 0.1) is 6.04 Å². The van der Waals surface area contributed by atoms with Crippen molar-refractivity contribution < 1.29 is 10.0 Å². The van der Waals surface area contributed by atoms with E-state index in [1.165, 1.54) is 10.1 Å². The van der Waals surface area contributed by atoms with Gasteiger partial charge < -0.3 is 5.32 Å². The number of carbonyl (C=O) groups excluding carboxylic acids is 1. The van der Waals surface area contributed by atoms with Crippen LogP contribution in [-0.2, 0) is 0 Å². The van der Waals surface area contributed by atoms with Crippen LogP contribution in [0.15, 0.2) is 30.3 Å². The minimum atomic E-state index is -0.593. The minimum absolute atomic E-state index is 0.121. The van der Waals surface area contributed by atoms with Crippen molar-refractivity contribution in [2.45, 2.75) is 13.0 Å². The second-order valence-electron chi connectivity index (χ2n) is 3.49. The van der Waals surface area contributed by atoms with E-state index in [0.717, 1.165) is 4.88 Å². The molecule has 2 amide bonds. The highest BCUT2D eigenvalue weighted by molar-refractivity contribution is 7.19. The van der Waals surface area contributed by atoms with Crippen molar-refractivity contribution >= 4 is 27.5 Å². The number of amides is 2. The largest absolute Gasteiger partial charge is 0.339 e. The normalized spacial score (nSPS) is 12.4. The van der Waals surface area contributed by atoms with Gasteiger partial charge in [-0.3, -0.25) is 5.21 Å². The summed E-state index contributed by atoms with van der Waals surface area (Å²) < 4.78 is 1.19. The zero-order valence-electron chi connectivity index (χ0n) is 8.73. The number of hydroxylamine groups is 1. The summed E-state index contributed by atoms with van der Waals surface area (Å²) in [5.74, 6) is 0. The standard InChI is InChI=1S/C11H12N2O2S/c1-7(12-11(14)13-15)10-6-8-4-2-3-5-9(8)16-10/h2-7,15H,1H3,(H2,12,13,14). The predicted octanol–water partition coefficient (Wildman–Crippen LogP) is 2.65. The lowest BCUT2D eigenvalue weighted by molar-refractivity contribution is 0.159. The fourth-order valence-electron chi connectivity index (χ4n) is 1.52. The van der Waals surface area contributed by atoms with E-state index in [1.807, 2.05) is 37.3 Å². The van der Waals surface area contributed by atoms with Crippen LogP contribution in [-0.4, -0.2) is 11.2 Å². The molecule has 16 heavy (non-hydrogen) atoms. The Bertz CT molecular complexity index is 476. The van der Waals surface area contributed by atoms with Crippen molar-refractivity contribution in [3.8, 4) is 0 Å². The third kappa shape index (κ3) is 2.15. The summed E-state index contributed by atoms with van der Waals surface area (Å²) in [6.07, 6.45) is 0. The number of urea groups is 1. The lowest BCUT2D eigenvalue weighted by Gasteiger charge is -2.10. The van der Waals surface area contributed by atoms with Crippen LogP contribution >= 0.6 is 11.3 Å². The van der Waals surface area contributed by atoms with E-state index < -0.39 is 6.03 Å². The molecule has 4 nitrogen and oxygen atoms in total. The molecule has 3 N–H and O–H groups in total. The van der Waals surface area contributed by atoms with Gasteiger partial charge in [0.15, 0.2) is 0 Å². The van der Waals surface area contributed by atoms with Gasteiger partial charge >= 0.3 is 6.03 Å². The van der Waals surface area contributed by atoms with Crippen LogP contribution in [0.1, 0.15) is 17.8 Å². The zero-order valence-corrected chi connectivity index (χ0v) is 9.54. The molecule has 1 unspecified atom stereocenters. The van der Waals surface area contributed by atoms with Gasteiger partial charge in [0, 0.05) is 9.58 Å². The average Bonchev–Trinajstić information content (AvgIpc) is 2.72. The van der Waals surface area contributed by atoms with Crippen LogP contribution in [0.3, 0.4) is 0 Å². The van der Waals surface area contributed by atoms with E-state index in [-0.39, 0.29) is 6.04 Å². The molecule has 0 saturated heterocycles. The number of fused-ring (bicyclic) bond motifs is 1. The zero-order chi connectivity index (χ0) is 11.5. The first-order valence-corrected chi connectivity index (χ1v) is 5.71. The molecule has 2 rings (SSSR count). The van der Waals surface area contributed by atoms with Crippen LogP contribution in [0.2, 0.25) is 0 Å². The van der Waals surface area contributed by atoms with Crippen LogP contribution < -0.4 is 10.8 Å². The van der Waals surface area contributed by atoms with Crippen molar-refractivity contribution in [3.63, 3.8) is 0 Å². The van der Waals surface area contributed by atoms with Crippen molar-refractivity contribution in [1.82, 2.24) is 10.8 Å². The van der Waals surface area contributed by atoms with Crippen molar-refractivity contribution in [3.05, 3.63) is 35.2 Å². The first-order chi connectivity index (χ1) is 7.70. The summed E-state index contributed by atoms with van der Waals surface area (Å²) in [6.45, 7) is 1.87. The topological polar surface area (TPSA) is 61.4 Å². The molecule has 5 heteroatoms. The summed E-state index contributed by atoms with van der Waals surface area (Å²) in [7, 11) is 0. The van der Waals surface area contributed by atoms with E-state index >= 15 is 0 Å². The highest BCUT2D eigenvalue weighted by Gasteiger charge is 2.11. The molecule has 0 aliphatic carbocycles. The van der Waals surface area contributed by atoms with E-state index in [2.05, 4.69) is 5.32 Å². The number of thiophene rings is 1. The molecule has 1 aromatic heterocycles. The van der Waals surface area contributed by atoms with Crippen LogP contribution in [0, 0.1) is 0 Å². The van der Waals surface area contributed by atoms with Gasteiger partial charge in [0.2, 0.25) is 0 Å². The Morgan fingerprint density at radius 1 is 1.44 bits per heavy atom. The Kier molecular flexibility index (Phi) is 3.07. The molecule has 1 atom stereocenters.